The Hall–Kier alpha value is -1.39. The molecule has 1 N–H and O–H groups in total. The van der Waals surface area contributed by atoms with Crippen LogP contribution in [0.4, 0.5) is 0 Å². The molecule has 0 bridgehead atoms. The molecule has 1 amide bonds. The second-order valence-corrected chi connectivity index (χ2v) is 3.38. The van der Waals surface area contributed by atoms with E-state index in [1.54, 1.807) is 14.1 Å². The fraction of sp³-hybridized carbons (Fsp3) is 0.364. The third-order valence-corrected chi connectivity index (χ3v) is 1.91. The lowest BCUT2D eigenvalue weighted by molar-refractivity contribution is -0.130. The van der Waals surface area contributed by atoms with Crippen molar-refractivity contribution in [2.45, 2.75) is 6.61 Å². The van der Waals surface area contributed by atoms with Gasteiger partial charge in [-0.1, -0.05) is 30.3 Å². The van der Waals surface area contributed by atoms with Crippen molar-refractivity contribution < 1.29 is 9.63 Å². The molecule has 0 spiro atoms. The molecule has 0 unspecified atom stereocenters. The number of hydrogen-bond donors (Lipinski definition) is 1. The highest BCUT2D eigenvalue weighted by molar-refractivity contribution is 5.77. The van der Waals surface area contributed by atoms with Crippen molar-refractivity contribution in [1.82, 2.24) is 10.4 Å². The molecule has 0 radical (unpaired) electrons. The number of amides is 1. The third kappa shape index (κ3) is 4.58. The highest BCUT2D eigenvalue weighted by Gasteiger charge is 2.02. The fourth-order valence-corrected chi connectivity index (χ4v) is 0.979. The van der Waals surface area contributed by atoms with Crippen LogP contribution < -0.4 is 5.48 Å². The summed E-state index contributed by atoms with van der Waals surface area (Å²) in [4.78, 5) is 17.8. The number of hydroxylamine groups is 1. The predicted molar refractivity (Wildman–Crippen MR) is 57.9 cm³/mol. The van der Waals surface area contributed by atoms with E-state index in [2.05, 4.69) is 5.48 Å². The van der Waals surface area contributed by atoms with Crippen LogP contribution in [0.5, 0.6) is 0 Å². The Morgan fingerprint density at radius 2 is 2.00 bits per heavy atom. The number of nitrogens with zero attached hydrogens (tertiary/aromatic N) is 1. The van der Waals surface area contributed by atoms with Crippen molar-refractivity contribution in [2.75, 3.05) is 20.6 Å². The van der Waals surface area contributed by atoms with Crippen LogP contribution >= 0.6 is 0 Å². The van der Waals surface area contributed by atoms with Crippen molar-refractivity contribution in [3.05, 3.63) is 35.9 Å². The summed E-state index contributed by atoms with van der Waals surface area (Å²) in [5.41, 5.74) is 3.70. The van der Waals surface area contributed by atoms with Gasteiger partial charge in [-0.2, -0.15) is 5.48 Å². The van der Waals surface area contributed by atoms with Crippen LogP contribution in [-0.2, 0) is 16.2 Å². The van der Waals surface area contributed by atoms with E-state index in [9.17, 15) is 4.79 Å². The summed E-state index contributed by atoms with van der Waals surface area (Å²) < 4.78 is 0. The van der Waals surface area contributed by atoms with Crippen molar-refractivity contribution in [3.8, 4) is 0 Å². The largest absolute Gasteiger partial charge is 0.348 e. The number of carbonyl (C=O) groups excluding carboxylic acids is 1. The van der Waals surface area contributed by atoms with Gasteiger partial charge in [0.05, 0.1) is 6.61 Å². The van der Waals surface area contributed by atoms with E-state index >= 15 is 0 Å². The normalized spacial score (nSPS) is 10.0. The number of hydrogen-bond acceptors (Lipinski definition) is 3. The Morgan fingerprint density at radius 3 is 2.60 bits per heavy atom. The van der Waals surface area contributed by atoms with Gasteiger partial charge in [-0.3, -0.25) is 9.63 Å². The van der Waals surface area contributed by atoms with Gasteiger partial charge in [0.25, 0.3) is 0 Å². The number of benzene rings is 1. The van der Waals surface area contributed by atoms with Gasteiger partial charge in [-0.15, -0.1) is 0 Å². The molecular weight excluding hydrogens is 192 g/mol. The molecule has 0 heterocycles. The summed E-state index contributed by atoms with van der Waals surface area (Å²) in [7, 11) is 3.42. The minimum absolute atomic E-state index is 0.0111. The maximum Gasteiger partial charge on any atom is 0.238 e. The van der Waals surface area contributed by atoms with Gasteiger partial charge in [0.2, 0.25) is 5.91 Å². The smallest absolute Gasteiger partial charge is 0.238 e. The number of carbonyl (C=O) groups is 1. The van der Waals surface area contributed by atoms with E-state index in [1.165, 1.54) is 4.90 Å². The van der Waals surface area contributed by atoms with Crippen LogP contribution in [-0.4, -0.2) is 31.4 Å². The SMILES string of the molecule is CN(C)C(=O)CNOCc1ccccc1. The zero-order valence-corrected chi connectivity index (χ0v) is 9.06. The summed E-state index contributed by atoms with van der Waals surface area (Å²) in [6.07, 6.45) is 0. The molecule has 0 atom stereocenters. The molecule has 0 aliphatic rings. The van der Waals surface area contributed by atoms with E-state index in [0.717, 1.165) is 5.56 Å². The van der Waals surface area contributed by atoms with Crippen molar-refractivity contribution in [3.63, 3.8) is 0 Å². The van der Waals surface area contributed by atoms with Crippen molar-refractivity contribution >= 4 is 5.91 Å². The molecular formula is C11H16N2O2. The molecule has 82 valence electrons. The monoisotopic (exact) mass is 208 g/mol. The summed E-state index contributed by atoms with van der Waals surface area (Å²) >= 11 is 0. The zero-order chi connectivity index (χ0) is 11.1. The molecule has 0 fully saturated rings. The molecule has 1 rings (SSSR count). The van der Waals surface area contributed by atoms with Gasteiger partial charge in [0.15, 0.2) is 0 Å². The first-order valence-corrected chi connectivity index (χ1v) is 4.79. The van der Waals surface area contributed by atoms with Gasteiger partial charge in [0.1, 0.15) is 6.54 Å². The Bertz CT molecular complexity index is 299. The van der Waals surface area contributed by atoms with E-state index in [0.29, 0.717) is 6.61 Å². The lowest BCUT2D eigenvalue weighted by Gasteiger charge is -2.10. The van der Waals surface area contributed by atoms with Gasteiger partial charge in [-0.25, -0.2) is 0 Å². The standard InChI is InChI=1S/C11H16N2O2/c1-13(2)11(14)8-12-15-9-10-6-4-3-5-7-10/h3-7,12H,8-9H2,1-2H3. The average molecular weight is 208 g/mol. The van der Waals surface area contributed by atoms with Crippen LogP contribution in [0.3, 0.4) is 0 Å². The molecule has 4 nitrogen and oxygen atoms in total. The highest BCUT2D eigenvalue weighted by Crippen LogP contribution is 1.98. The molecule has 0 saturated carbocycles. The second-order valence-electron chi connectivity index (χ2n) is 3.38. The summed E-state index contributed by atoms with van der Waals surface area (Å²) in [5.74, 6) is -0.0111. The summed E-state index contributed by atoms with van der Waals surface area (Å²) in [6, 6.07) is 9.78. The van der Waals surface area contributed by atoms with Crippen LogP contribution in [0.1, 0.15) is 5.56 Å². The quantitative estimate of drug-likeness (QED) is 0.574. The minimum atomic E-state index is -0.0111. The molecule has 15 heavy (non-hydrogen) atoms. The minimum Gasteiger partial charge on any atom is -0.348 e. The van der Waals surface area contributed by atoms with Crippen LogP contribution in [0.25, 0.3) is 0 Å². The zero-order valence-electron chi connectivity index (χ0n) is 9.06. The Labute approximate surface area is 89.8 Å². The summed E-state index contributed by atoms with van der Waals surface area (Å²) in [6.45, 7) is 0.654. The first kappa shape index (κ1) is 11.7. The molecule has 0 aliphatic carbocycles. The average Bonchev–Trinajstić information content (AvgIpc) is 2.25. The molecule has 0 aromatic heterocycles. The van der Waals surface area contributed by atoms with Gasteiger partial charge < -0.3 is 4.90 Å². The van der Waals surface area contributed by atoms with Crippen LogP contribution in [0.2, 0.25) is 0 Å². The van der Waals surface area contributed by atoms with Crippen LogP contribution in [0.15, 0.2) is 30.3 Å². The highest BCUT2D eigenvalue weighted by atomic mass is 16.6. The molecule has 0 aliphatic heterocycles. The number of nitrogens with one attached hydrogen (secondary N) is 1. The predicted octanol–water partition coefficient (Wildman–Crippen LogP) is 0.796. The molecule has 1 aromatic rings. The lowest BCUT2D eigenvalue weighted by Crippen LogP contribution is -2.32. The number of likely N-dealkylation sites (N-methyl/N-ethyl adjacent to an activating group) is 1. The Morgan fingerprint density at radius 1 is 1.33 bits per heavy atom. The molecule has 1 aromatic carbocycles. The van der Waals surface area contributed by atoms with E-state index < -0.39 is 0 Å². The molecule has 0 saturated heterocycles. The van der Waals surface area contributed by atoms with Crippen molar-refractivity contribution in [1.29, 1.82) is 0 Å². The van der Waals surface area contributed by atoms with Gasteiger partial charge in [-0.05, 0) is 5.56 Å². The first-order chi connectivity index (χ1) is 7.20. The van der Waals surface area contributed by atoms with Crippen molar-refractivity contribution in [2.24, 2.45) is 0 Å². The first-order valence-electron chi connectivity index (χ1n) is 4.79. The van der Waals surface area contributed by atoms with Gasteiger partial charge >= 0.3 is 0 Å². The second kappa shape index (κ2) is 6.16. The Balaban J connectivity index is 2.15. The van der Waals surface area contributed by atoms with Gasteiger partial charge in [0, 0.05) is 14.1 Å². The maximum absolute atomic E-state index is 11.1. The topological polar surface area (TPSA) is 41.6 Å². The third-order valence-electron chi connectivity index (χ3n) is 1.91. The Kier molecular flexibility index (Phi) is 4.80. The lowest BCUT2D eigenvalue weighted by atomic mass is 10.2. The maximum atomic E-state index is 11.1. The summed E-state index contributed by atoms with van der Waals surface area (Å²) in [5, 5.41) is 0. The van der Waals surface area contributed by atoms with E-state index in [-0.39, 0.29) is 12.5 Å². The fourth-order valence-electron chi connectivity index (χ4n) is 0.979. The van der Waals surface area contributed by atoms with E-state index in [1.807, 2.05) is 30.3 Å². The van der Waals surface area contributed by atoms with Crippen LogP contribution in [0, 0.1) is 0 Å². The molecule has 4 heteroatoms. The number of rotatable bonds is 5. The van der Waals surface area contributed by atoms with E-state index in [4.69, 9.17) is 4.84 Å².